The highest BCUT2D eigenvalue weighted by molar-refractivity contribution is 5.99. The maximum atomic E-state index is 13.0. The number of hydrogen-bond donors (Lipinski definition) is 3. The first-order valence-corrected chi connectivity index (χ1v) is 18.0. The normalized spacial score (nSPS) is 20.2. The van der Waals surface area contributed by atoms with E-state index in [0.29, 0.717) is 23.7 Å². The molecule has 0 saturated carbocycles. The van der Waals surface area contributed by atoms with Gasteiger partial charge in [-0.1, -0.05) is 61.5 Å². The van der Waals surface area contributed by atoms with Gasteiger partial charge in [0.25, 0.3) is 5.69 Å². The zero-order valence-electron chi connectivity index (χ0n) is 29.9. The van der Waals surface area contributed by atoms with Crippen molar-refractivity contribution in [2.24, 2.45) is 5.92 Å². The van der Waals surface area contributed by atoms with Crippen molar-refractivity contribution in [2.75, 3.05) is 48.3 Å². The van der Waals surface area contributed by atoms with Crippen molar-refractivity contribution in [2.45, 2.75) is 32.0 Å². The molecule has 4 unspecified atom stereocenters. The summed E-state index contributed by atoms with van der Waals surface area (Å²) < 4.78 is 19.2. The number of hydrogen-bond acceptors (Lipinski definition) is 9. The Balaban J connectivity index is 1.01. The number of non-ortho nitro benzene ring substituents is 1. The summed E-state index contributed by atoms with van der Waals surface area (Å²) in [6, 6.07) is 38.3. The molecule has 0 aliphatic carbocycles. The maximum Gasteiger partial charge on any atom is 0.323 e. The van der Waals surface area contributed by atoms with Gasteiger partial charge in [0.15, 0.2) is 6.29 Å². The van der Waals surface area contributed by atoms with Crippen molar-refractivity contribution in [3.63, 3.8) is 0 Å². The average molecular weight is 730 g/mol. The van der Waals surface area contributed by atoms with E-state index in [0.717, 1.165) is 54.3 Å². The van der Waals surface area contributed by atoms with Crippen LogP contribution < -0.4 is 20.3 Å². The van der Waals surface area contributed by atoms with E-state index in [4.69, 9.17) is 14.2 Å². The largest absolute Gasteiger partial charge is 0.457 e. The molecular formula is C42H43N5O7. The summed E-state index contributed by atoms with van der Waals surface area (Å²) in [5.41, 5.74) is 4.84. The predicted molar refractivity (Wildman–Crippen MR) is 207 cm³/mol. The number of nitrogens with one attached hydrogen (secondary N) is 2. The summed E-state index contributed by atoms with van der Waals surface area (Å²) in [5, 5.41) is 26.5. The Hall–Kier alpha value is -5.79. The van der Waals surface area contributed by atoms with Crippen molar-refractivity contribution in [1.29, 1.82) is 0 Å². The van der Waals surface area contributed by atoms with Crippen LogP contribution in [0.15, 0.2) is 127 Å². The van der Waals surface area contributed by atoms with E-state index < -0.39 is 12.3 Å². The number of rotatable bonds is 11. The fourth-order valence-corrected chi connectivity index (χ4v) is 6.84. The second-order valence-electron chi connectivity index (χ2n) is 13.5. The molecule has 0 radical (unpaired) electrons. The zero-order valence-corrected chi connectivity index (χ0v) is 29.9. The van der Waals surface area contributed by atoms with Gasteiger partial charge in [0, 0.05) is 73.4 Å². The number of nitrogens with zero attached hydrogens (tertiary/aromatic N) is 3. The van der Waals surface area contributed by atoms with Gasteiger partial charge in [-0.2, -0.15) is 0 Å². The van der Waals surface area contributed by atoms with Crippen molar-refractivity contribution in [3.05, 3.63) is 154 Å². The number of carbonyl (C=O) groups is 1. The van der Waals surface area contributed by atoms with Crippen LogP contribution in [0, 0.1) is 16.0 Å². The van der Waals surface area contributed by atoms with E-state index in [2.05, 4.69) is 27.4 Å². The van der Waals surface area contributed by atoms with E-state index in [1.807, 2.05) is 78.9 Å². The Morgan fingerprint density at radius 3 is 2.17 bits per heavy atom. The first kappa shape index (κ1) is 36.6. The summed E-state index contributed by atoms with van der Waals surface area (Å²) in [5.74, 6) is 1.39. The van der Waals surface area contributed by atoms with E-state index in [9.17, 15) is 20.0 Å². The standard InChI is InChI=1S/C42H43N5O7/c1-29-39(27-45-22-24-46(25-23-45)35-16-18-36(19-17-35)47(50)51)53-41(54-40(29)31-12-10-30(28-48)11-13-31)32-6-5-7-34(26-32)44-42(49)43-33-14-20-38(21-15-33)52-37-8-3-2-4-9-37/h2-21,26,29,39-41,48H,22-25,27-28H2,1H3,(H2,43,44,49). The molecular weight excluding hydrogens is 686 g/mol. The number of aliphatic hydroxyl groups excluding tert-OH is 1. The number of aliphatic hydroxyl groups is 1. The minimum Gasteiger partial charge on any atom is -0.457 e. The third kappa shape index (κ3) is 9.04. The van der Waals surface area contributed by atoms with Crippen LogP contribution in [0.3, 0.4) is 0 Å². The molecule has 7 rings (SSSR count). The van der Waals surface area contributed by atoms with Gasteiger partial charge in [-0.3, -0.25) is 15.0 Å². The van der Waals surface area contributed by atoms with Gasteiger partial charge in [-0.05, 0) is 71.8 Å². The van der Waals surface area contributed by atoms with Crippen LogP contribution in [0.25, 0.3) is 0 Å². The first-order chi connectivity index (χ1) is 26.3. The van der Waals surface area contributed by atoms with Gasteiger partial charge >= 0.3 is 6.03 Å². The van der Waals surface area contributed by atoms with Gasteiger partial charge in [0.2, 0.25) is 0 Å². The second-order valence-corrected chi connectivity index (χ2v) is 13.5. The molecule has 0 aromatic heterocycles. The second kappa shape index (κ2) is 16.9. The Bertz CT molecular complexity index is 2000. The highest BCUT2D eigenvalue weighted by Gasteiger charge is 2.39. The van der Waals surface area contributed by atoms with Crippen LogP contribution >= 0.6 is 0 Å². The van der Waals surface area contributed by atoms with Gasteiger partial charge < -0.3 is 34.9 Å². The number of nitro benzene ring substituents is 1. The SMILES string of the molecule is CC1C(CN2CCN(c3ccc([N+](=O)[O-])cc3)CC2)OC(c2cccc(NC(=O)Nc3ccc(Oc4ccccc4)cc3)c2)OC1c1ccc(CO)cc1. The van der Waals surface area contributed by atoms with Crippen molar-refractivity contribution in [3.8, 4) is 11.5 Å². The molecule has 2 heterocycles. The predicted octanol–water partition coefficient (Wildman–Crippen LogP) is 8.14. The van der Waals surface area contributed by atoms with Crippen LogP contribution in [0.1, 0.15) is 36.0 Å². The highest BCUT2D eigenvalue weighted by Crippen LogP contribution is 2.42. The lowest BCUT2D eigenvalue weighted by Gasteiger charge is -2.44. The molecule has 3 N–H and O–H groups in total. The number of piperazine rings is 1. The quantitative estimate of drug-likeness (QED) is 0.0909. The van der Waals surface area contributed by atoms with Crippen LogP contribution in [-0.2, 0) is 16.1 Å². The topological polar surface area (TPSA) is 139 Å². The van der Waals surface area contributed by atoms with Gasteiger partial charge in [0.05, 0.1) is 23.7 Å². The molecule has 54 heavy (non-hydrogen) atoms. The Morgan fingerprint density at radius 2 is 1.48 bits per heavy atom. The zero-order chi connectivity index (χ0) is 37.4. The molecule has 4 atom stereocenters. The van der Waals surface area contributed by atoms with Crippen LogP contribution in [0.2, 0.25) is 0 Å². The number of urea groups is 1. The molecule has 12 heteroatoms. The fraction of sp³-hybridized carbons (Fsp3) is 0.262. The summed E-state index contributed by atoms with van der Waals surface area (Å²) in [6.45, 7) is 5.98. The molecule has 0 bridgehead atoms. The van der Waals surface area contributed by atoms with E-state index in [1.54, 1.807) is 48.5 Å². The van der Waals surface area contributed by atoms with E-state index in [-0.39, 0.29) is 35.3 Å². The molecule has 0 spiro atoms. The molecule has 2 saturated heterocycles. The molecule has 5 aromatic rings. The lowest BCUT2D eigenvalue weighted by molar-refractivity contribution is -0.384. The third-order valence-electron chi connectivity index (χ3n) is 9.87. The number of carbonyl (C=O) groups excluding carboxylic acids is 1. The number of amides is 2. The summed E-state index contributed by atoms with van der Waals surface area (Å²) >= 11 is 0. The minimum absolute atomic E-state index is 0.00509. The molecule has 2 aliphatic heterocycles. The fourth-order valence-electron chi connectivity index (χ4n) is 6.84. The Kier molecular flexibility index (Phi) is 11.5. The summed E-state index contributed by atoms with van der Waals surface area (Å²) in [7, 11) is 0. The van der Waals surface area contributed by atoms with Crippen LogP contribution in [0.4, 0.5) is 27.5 Å². The number of anilines is 3. The number of para-hydroxylation sites is 1. The van der Waals surface area contributed by atoms with Gasteiger partial charge in [-0.15, -0.1) is 0 Å². The maximum absolute atomic E-state index is 13.0. The lowest BCUT2D eigenvalue weighted by atomic mass is 9.90. The first-order valence-electron chi connectivity index (χ1n) is 18.0. The van der Waals surface area contributed by atoms with Gasteiger partial charge in [-0.25, -0.2) is 4.79 Å². The smallest absolute Gasteiger partial charge is 0.323 e. The van der Waals surface area contributed by atoms with E-state index >= 15 is 0 Å². The molecule has 278 valence electrons. The number of ether oxygens (including phenoxy) is 3. The van der Waals surface area contributed by atoms with Crippen molar-refractivity contribution >= 4 is 28.8 Å². The third-order valence-corrected chi connectivity index (χ3v) is 9.87. The average Bonchev–Trinajstić information content (AvgIpc) is 3.20. The highest BCUT2D eigenvalue weighted by atomic mass is 16.7. The Labute approximate surface area is 314 Å². The van der Waals surface area contributed by atoms with E-state index in [1.165, 1.54) is 0 Å². The molecule has 2 amide bonds. The lowest BCUT2D eigenvalue weighted by Crippen LogP contribution is -2.51. The molecule has 12 nitrogen and oxygen atoms in total. The summed E-state index contributed by atoms with van der Waals surface area (Å²) in [4.78, 5) is 28.4. The number of nitro groups is 1. The van der Waals surface area contributed by atoms with Crippen molar-refractivity contribution < 1.29 is 29.0 Å². The van der Waals surface area contributed by atoms with Crippen LogP contribution in [-0.4, -0.2) is 59.8 Å². The van der Waals surface area contributed by atoms with Gasteiger partial charge in [0.1, 0.15) is 11.5 Å². The van der Waals surface area contributed by atoms with Crippen molar-refractivity contribution in [1.82, 2.24) is 4.90 Å². The molecule has 5 aromatic carbocycles. The molecule has 2 fully saturated rings. The molecule has 2 aliphatic rings. The number of benzene rings is 5. The summed E-state index contributed by atoms with van der Waals surface area (Å²) in [6.07, 6.45) is -1.15. The van der Waals surface area contributed by atoms with Crippen LogP contribution in [0.5, 0.6) is 11.5 Å². The monoisotopic (exact) mass is 729 g/mol. The minimum atomic E-state index is -0.697. The Morgan fingerprint density at radius 1 is 0.796 bits per heavy atom.